The lowest BCUT2D eigenvalue weighted by molar-refractivity contribution is 0.0367. The van der Waals surface area contributed by atoms with E-state index in [1.54, 1.807) is 6.07 Å². The molecule has 1 fully saturated rings. The lowest BCUT2D eigenvalue weighted by Crippen LogP contribution is -2.13. The van der Waals surface area contributed by atoms with Crippen molar-refractivity contribution in [2.75, 3.05) is 5.32 Å². The van der Waals surface area contributed by atoms with Gasteiger partial charge in [0.15, 0.2) is 6.10 Å². The number of hydrogen-bond acceptors (Lipinski definition) is 6. The van der Waals surface area contributed by atoms with E-state index in [-0.39, 0.29) is 22.5 Å². The average molecular weight is 454 g/mol. The Bertz CT molecular complexity index is 875. The van der Waals surface area contributed by atoms with Crippen molar-refractivity contribution in [3.05, 3.63) is 56.9 Å². The van der Waals surface area contributed by atoms with Gasteiger partial charge in [-0.3, -0.25) is 0 Å². The van der Waals surface area contributed by atoms with Crippen LogP contribution in [0.25, 0.3) is 0 Å². The largest absolute Gasteiger partial charge is 0.453 e. The van der Waals surface area contributed by atoms with Gasteiger partial charge in [0.05, 0.1) is 28.6 Å². The van der Waals surface area contributed by atoms with Crippen LogP contribution in [0, 0.1) is 20.7 Å². The maximum Gasteiger partial charge on any atom is 0.340 e. The summed E-state index contributed by atoms with van der Waals surface area (Å²) in [5.74, 6) is -1.31. The molecule has 1 saturated carbocycles. The van der Waals surface area contributed by atoms with Crippen LogP contribution in [-0.2, 0) is 4.74 Å². The van der Waals surface area contributed by atoms with E-state index in [0.717, 1.165) is 0 Å². The monoisotopic (exact) mass is 454 g/mol. The minimum atomic E-state index is -1.10. The molecule has 0 amide bonds. The minimum Gasteiger partial charge on any atom is -0.453 e. The number of nitrogens with zero attached hydrogens (tertiary/aromatic N) is 1. The standard InChI is InChI=1S/C17H12FIN2O4/c18-11-6-9(19)2-4-12(11)21-13-5-8(7-20)1-3-10(13)17(24)25-16-14(22)15(16)23/h1-6,14-16,21-23H. The lowest BCUT2D eigenvalue weighted by Gasteiger charge is -2.13. The van der Waals surface area contributed by atoms with Gasteiger partial charge in [-0.25, -0.2) is 9.18 Å². The molecule has 0 radical (unpaired) electrons. The zero-order chi connectivity index (χ0) is 18.1. The molecule has 2 aromatic rings. The lowest BCUT2D eigenvalue weighted by atomic mass is 10.1. The molecule has 0 aliphatic heterocycles. The van der Waals surface area contributed by atoms with Gasteiger partial charge < -0.3 is 20.3 Å². The molecule has 2 atom stereocenters. The van der Waals surface area contributed by atoms with Gasteiger partial charge >= 0.3 is 5.97 Å². The van der Waals surface area contributed by atoms with E-state index < -0.39 is 30.1 Å². The zero-order valence-corrected chi connectivity index (χ0v) is 14.8. The fourth-order valence-corrected chi connectivity index (χ4v) is 2.66. The van der Waals surface area contributed by atoms with Crippen LogP contribution in [0.15, 0.2) is 36.4 Å². The van der Waals surface area contributed by atoms with Crippen molar-refractivity contribution in [2.24, 2.45) is 0 Å². The average Bonchev–Trinajstić information content (AvgIpc) is 3.15. The summed E-state index contributed by atoms with van der Waals surface area (Å²) in [5, 5.41) is 30.4. The molecule has 2 aromatic carbocycles. The first-order valence-corrected chi connectivity index (χ1v) is 8.32. The zero-order valence-electron chi connectivity index (χ0n) is 12.6. The minimum absolute atomic E-state index is 0.0586. The molecule has 0 saturated heterocycles. The van der Waals surface area contributed by atoms with Crippen LogP contribution < -0.4 is 5.32 Å². The highest BCUT2D eigenvalue weighted by molar-refractivity contribution is 14.1. The number of aliphatic hydroxyl groups is 2. The molecular weight excluding hydrogens is 442 g/mol. The summed E-state index contributed by atoms with van der Waals surface area (Å²) in [5.41, 5.74) is 0.657. The SMILES string of the molecule is N#Cc1ccc(C(=O)OC2C(O)C2O)c(Nc2ccc(I)cc2F)c1. The number of carbonyl (C=O) groups is 1. The predicted octanol–water partition coefficient (Wildman–Crippen LogP) is 2.31. The fraction of sp³-hybridized carbons (Fsp3) is 0.176. The van der Waals surface area contributed by atoms with Crippen molar-refractivity contribution in [2.45, 2.75) is 18.3 Å². The van der Waals surface area contributed by atoms with E-state index in [9.17, 15) is 19.4 Å². The number of hydrogen-bond donors (Lipinski definition) is 3. The highest BCUT2D eigenvalue weighted by Gasteiger charge is 2.52. The number of aliphatic hydroxyl groups excluding tert-OH is 2. The molecule has 0 aromatic heterocycles. The van der Waals surface area contributed by atoms with Gasteiger partial charge in [0.25, 0.3) is 0 Å². The second kappa shape index (κ2) is 6.95. The molecule has 0 bridgehead atoms. The van der Waals surface area contributed by atoms with E-state index in [4.69, 9.17) is 10.00 Å². The Hall–Kier alpha value is -2.22. The molecule has 0 spiro atoms. The summed E-state index contributed by atoms with van der Waals surface area (Å²) in [7, 11) is 0. The van der Waals surface area contributed by atoms with Gasteiger partial charge in [-0.1, -0.05) is 0 Å². The second-order valence-corrected chi connectivity index (χ2v) is 6.72. The normalized spacial score (nSPS) is 21.3. The third-order valence-electron chi connectivity index (χ3n) is 3.69. The van der Waals surface area contributed by atoms with Gasteiger partial charge in [-0.05, 0) is 59.0 Å². The Labute approximate surface area is 156 Å². The Morgan fingerprint density at radius 2 is 1.92 bits per heavy atom. The molecule has 3 N–H and O–H groups in total. The van der Waals surface area contributed by atoms with Gasteiger partial charge in [0, 0.05) is 3.57 Å². The number of ether oxygens (including phenoxy) is 1. The van der Waals surface area contributed by atoms with Crippen molar-refractivity contribution >= 4 is 39.9 Å². The number of halogens is 2. The molecular formula is C17H12FIN2O4. The molecule has 128 valence electrons. The van der Waals surface area contributed by atoms with Gasteiger partial charge in [0.1, 0.15) is 18.0 Å². The number of anilines is 2. The molecule has 1 aliphatic carbocycles. The third kappa shape index (κ3) is 3.73. The first-order valence-electron chi connectivity index (χ1n) is 7.24. The Morgan fingerprint density at radius 3 is 2.52 bits per heavy atom. The van der Waals surface area contributed by atoms with Crippen LogP contribution in [0.3, 0.4) is 0 Å². The Balaban J connectivity index is 1.91. The maximum absolute atomic E-state index is 14.1. The number of rotatable bonds is 4. The van der Waals surface area contributed by atoms with Crippen LogP contribution in [0.2, 0.25) is 0 Å². The van der Waals surface area contributed by atoms with Crippen molar-refractivity contribution in [1.29, 1.82) is 5.26 Å². The molecule has 1 aliphatic rings. The summed E-state index contributed by atoms with van der Waals surface area (Å²) >= 11 is 1.97. The van der Waals surface area contributed by atoms with Crippen molar-refractivity contribution in [3.63, 3.8) is 0 Å². The van der Waals surface area contributed by atoms with Crippen LogP contribution in [0.1, 0.15) is 15.9 Å². The summed E-state index contributed by atoms with van der Waals surface area (Å²) in [4.78, 5) is 12.3. The summed E-state index contributed by atoms with van der Waals surface area (Å²) in [6.07, 6.45) is -3.19. The number of nitrogens with one attached hydrogen (secondary N) is 1. The molecule has 6 nitrogen and oxygen atoms in total. The van der Waals surface area contributed by atoms with Crippen LogP contribution in [0.4, 0.5) is 15.8 Å². The number of esters is 1. The first-order chi connectivity index (χ1) is 11.9. The molecule has 8 heteroatoms. The van der Waals surface area contributed by atoms with E-state index in [0.29, 0.717) is 3.57 Å². The highest BCUT2D eigenvalue weighted by atomic mass is 127. The van der Waals surface area contributed by atoms with E-state index in [1.165, 1.54) is 30.3 Å². The summed E-state index contributed by atoms with van der Waals surface area (Å²) in [6.45, 7) is 0. The third-order valence-corrected chi connectivity index (χ3v) is 4.37. The van der Waals surface area contributed by atoms with E-state index in [1.807, 2.05) is 28.7 Å². The molecule has 25 heavy (non-hydrogen) atoms. The van der Waals surface area contributed by atoms with Crippen molar-refractivity contribution in [3.8, 4) is 6.07 Å². The first kappa shape index (κ1) is 17.6. The van der Waals surface area contributed by atoms with Gasteiger partial charge in [-0.2, -0.15) is 5.26 Å². The van der Waals surface area contributed by atoms with Crippen LogP contribution >= 0.6 is 22.6 Å². The fourth-order valence-electron chi connectivity index (χ4n) is 2.21. The second-order valence-electron chi connectivity index (χ2n) is 5.47. The van der Waals surface area contributed by atoms with E-state index in [2.05, 4.69) is 5.32 Å². The predicted molar refractivity (Wildman–Crippen MR) is 94.8 cm³/mol. The molecule has 3 rings (SSSR count). The highest BCUT2D eigenvalue weighted by Crippen LogP contribution is 2.30. The number of benzene rings is 2. The Morgan fingerprint density at radius 1 is 1.20 bits per heavy atom. The number of nitriles is 1. The van der Waals surface area contributed by atoms with Crippen LogP contribution in [0.5, 0.6) is 0 Å². The summed E-state index contributed by atoms with van der Waals surface area (Å²) < 4.78 is 19.8. The van der Waals surface area contributed by atoms with E-state index >= 15 is 0 Å². The van der Waals surface area contributed by atoms with Gasteiger partial charge in [-0.15, -0.1) is 0 Å². The summed E-state index contributed by atoms with van der Waals surface area (Å²) in [6, 6.07) is 10.7. The smallest absolute Gasteiger partial charge is 0.340 e. The molecule has 2 unspecified atom stereocenters. The van der Waals surface area contributed by atoms with Gasteiger partial charge in [0.2, 0.25) is 0 Å². The maximum atomic E-state index is 14.1. The van der Waals surface area contributed by atoms with Crippen molar-refractivity contribution in [1.82, 2.24) is 0 Å². The topological polar surface area (TPSA) is 103 Å². The van der Waals surface area contributed by atoms with Crippen molar-refractivity contribution < 1.29 is 24.1 Å². The quantitative estimate of drug-likeness (QED) is 0.484. The number of carbonyl (C=O) groups excluding carboxylic acids is 1. The molecule has 0 heterocycles. The van der Waals surface area contributed by atoms with Crippen LogP contribution in [-0.4, -0.2) is 34.5 Å². The Kier molecular flexibility index (Phi) is 4.89.